The fraction of sp³-hybridized carbons (Fsp3) is 0.0526. The second-order valence-corrected chi connectivity index (χ2v) is 16.8. The second-order valence-electron chi connectivity index (χ2n) is 16.8. The lowest BCUT2D eigenvalue weighted by Gasteiger charge is -2.22. The van der Waals surface area contributed by atoms with Crippen molar-refractivity contribution < 1.29 is 8.83 Å². The highest BCUT2D eigenvalue weighted by Gasteiger charge is 2.35. The van der Waals surface area contributed by atoms with Gasteiger partial charge in [-0.05, 0) is 124 Å². The van der Waals surface area contributed by atoms with Gasteiger partial charge < -0.3 is 8.83 Å². The third-order valence-corrected chi connectivity index (χ3v) is 13.3. The fourth-order valence-corrected chi connectivity index (χ4v) is 10.5. The lowest BCUT2D eigenvalue weighted by Crippen LogP contribution is -2.14. The number of rotatable bonds is 3. The largest absolute Gasteiger partial charge is 0.456 e. The van der Waals surface area contributed by atoms with E-state index in [0.29, 0.717) is 0 Å². The van der Waals surface area contributed by atoms with Crippen LogP contribution in [0.5, 0.6) is 0 Å². The van der Waals surface area contributed by atoms with Gasteiger partial charge in [-0.1, -0.05) is 153 Å². The molecule has 0 saturated heterocycles. The van der Waals surface area contributed by atoms with Gasteiger partial charge in [0, 0.05) is 33.0 Å². The molecule has 0 N–H and O–H groups in total. The highest BCUT2D eigenvalue weighted by atomic mass is 16.3. The molecule has 2 nitrogen and oxygen atoms in total. The van der Waals surface area contributed by atoms with Gasteiger partial charge in [0.05, 0.1) is 0 Å². The molecule has 0 unspecified atom stereocenters. The Balaban J connectivity index is 1.12. The van der Waals surface area contributed by atoms with E-state index in [1.165, 1.54) is 82.4 Å². The molecule has 0 atom stereocenters. The van der Waals surface area contributed by atoms with Crippen LogP contribution in [-0.2, 0) is 5.41 Å². The molecule has 12 aromatic rings. The molecule has 2 aromatic heterocycles. The van der Waals surface area contributed by atoms with Gasteiger partial charge in [0.1, 0.15) is 22.3 Å². The van der Waals surface area contributed by atoms with E-state index in [9.17, 15) is 0 Å². The van der Waals surface area contributed by atoms with Crippen LogP contribution < -0.4 is 0 Å². The number of hydrogen-bond acceptors (Lipinski definition) is 2. The molecule has 2 heteroatoms. The van der Waals surface area contributed by atoms with Gasteiger partial charge in [0.2, 0.25) is 0 Å². The average molecular weight is 753 g/mol. The van der Waals surface area contributed by atoms with Gasteiger partial charge in [-0.2, -0.15) is 0 Å². The van der Waals surface area contributed by atoms with E-state index in [1.807, 2.05) is 12.1 Å². The zero-order valence-corrected chi connectivity index (χ0v) is 32.6. The van der Waals surface area contributed by atoms with E-state index in [4.69, 9.17) is 8.83 Å². The summed E-state index contributed by atoms with van der Waals surface area (Å²) < 4.78 is 12.8. The first kappa shape index (κ1) is 32.6. The number of hydrogen-bond donors (Lipinski definition) is 0. The van der Waals surface area contributed by atoms with Crippen LogP contribution in [0.2, 0.25) is 0 Å². The molecule has 0 spiro atoms. The summed E-state index contributed by atoms with van der Waals surface area (Å²) in [6.45, 7) is 4.71. The van der Waals surface area contributed by atoms with Crippen molar-refractivity contribution in [2.24, 2.45) is 0 Å². The monoisotopic (exact) mass is 752 g/mol. The fourth-order valence-electron chi connectivity index (χ4n) is 10.5. The predicted octanol–water partition coefficient (Wildman–Crippen LogP) is 16.3. The van der Waals surface area contributed by atoms with Crippen LogP contribution >= 0.6 is 0 Å². The predicted molar refractivity (Wildman–Crippen MR) is 247 cm³/mol. The standard InChI is InChI=1S/C57H36O2/c1-57(2)49-20-9-7-15-39(49)44-29-35(23-26-50(44)57)55-41-17-5-6-18-42(41)56(48-28-34(22-25-43(48)55)38-19-11-13-33-12-3-4-14-37(33)38)36-24-27-52-45(30-36)47-31-46-40-16-8-10-21-51(40)58-53(46)32-54(47)59-52/h3-32H,1-2H3. The Morgan fingerprint density at radius 2 is 0.847 bits per heavy atom. The zero-order valence-electron chi connectivity index (χ0n) is 32.6. The molecule has 2 heterocycles. The molecule has 0 amide bonds. The Kier molecular flexibility index (Phi) is 6.54. The first-order valence-corrected chi connectivity index (χ1v) is 20.5. The first-order valence-electron chi connectivity index (χ1n) is 20.5. The van der Waals surface area contributed by atoms with Crippen LogP contribution in [0.4, 0.5) is 0 Å². The molecule has 13 rings (SSSR count). The molecule has 0 bridgehead atoms. The molecule has 0 radical (unpaired) electrons. The van der Waals surface area contributed by atoms with E-state index >= 15 is 0 Å². The topological polar surface area (TPSA) is 26.3 Å². The summed E-state index contributed by atoms with van der Waals surface area (Å²) in [4.78, 5) is 0. The molecule has 1 aliphatic carbocycles. The molecule has 10 aromatic carbocycles. The van der Waals surface area contributed by atoms with Gasteiger partial charge in [-0.3, -0.25) is 0 Å². The SMILES string of the molecule is CC1(C)c2ccccc2-c2cc(-c3c4ccccc4c(-c4ccc5oc6cc7oc8ccccc8c7cc6c5c4)c4cc(-c5cccc6ccccc56)ccc34)ccc21. The summed E-state index contributed by atoms with van der Waals surface area (Å²) in [5.74, 6) is 0. The van der Waals surface area contributed by atoms with Crippen LogP contribution in [0, 0.1) is 0 Å². The molecule has 0 saturated carbocycles. The number of benzene rings is 10. The quantitative estimate of drug-likeness (QED) is 0.168. The van der Waals surface area contributed by atoms with Crippen LogP contribution in [0.15, 0.2) is 191 Å². The summed E-state index contributed by atoms with van der Waals surface area (Å²) in [7, 11) is 0. The average Bonchev–Trinajstić information content (AvgIpc) is 3.90. The van der Waals surface area contributed by atoms with Gasteiger partial charge >= 0.3 is 0 Å². The van der Waals surface area contributed by atoms with Crippen molar-refractivity contribution in [2.75, 3.05) is 0 Å². The summed E-state index contributed by atoms with van der Waals surface area (Å²) in [6, 6.07) is 66.9. The molecule has 59 heavy (non-hydrogen) atoms. The zero-order chi connectivity index (χ0) is 39.0. The minimum absolute atomic E-state index is 0.0573. The Morgan fingerprint density at radius 3 is 1.69 bits per heavy atom. The third-order valence-electron chi connectivity index (χ3n) is 13.3. The minimum Gasteiger partial charge on any atom is -0.456 e. The maximum Gasteiger partial charge on any atom is 0.139 e. The van der Waals surface area contributed by atoms with Crippen molar-refractivity contribution in [1.29, 1.82) is 0 Å². The normalized spacial score (nSPS) is 13.4. The smallest absolute Gasteiger partial charge is 0.139 e. The van der Waals surface area contributed by atoms with Crippen molar-refractivity contribution in [2.45, 2.75) is 19.3 Å². The van der Waals surface area contributed by atoms with E-state index < -0.39 is 0 Å². The van der Waals surface area contributed by atoms with Crippen molar-refractivity contribution in [1.82, 2.24) is 0 Å². The van der Waals surface area contributed by atoms with Gasteiger partial charge in [-0.15, -0.1) is 0 Å². The van der Waals surface area contributed by atoms with E-state index in [0.717, 1.165) is 49.4 Å². The van der Waals surface area contributed by atoms with Crippen LogP contribution in [0.1, 0.15) is 25.0 Å². The Bertz CT molecular complexity index is 3760. The molecule has 276 valence electrons. The Hall–Kier alpha value is -7.42. The lowest BCUT2D eigenvalue weighted by molar-refractivity contribution is 0.656. The van der Waals surface area contributed by atoms with Crippen molar-refractivity contribution in [3.8, 4) is 44.5 Å². The van der Waals surface area contributed by atoms with Crippen molar-refractivity contribution >= 4 is 76.2 Å². The minimum atomic E-state index is -0.0573. The van der Waals surface area contributed by atoms with Gasteiger partial charge in [0.15, 0.2) is 0 Å². The number of para-hydroxylation sites is 1. The van der Waals surface area contributed by atoms with E-state index in [2.05, 4.69) is 184 Å². The van der Waals surface area contributed by atoms with Crippen molar-refractivity contribution in [3.63, 3.8) is 0 Å². The first-order chi connectivity index (χ1) is 29.0. The third kappa shape index (κ3) is 4.57. The summed E-state index contributed by atoms with van der Waals surface area (Å²) in [5, 5.41) is 11.8. The summed E-state index contributed by atoms with van der Waals surface area (Å²) >= 11 is 0. The lowest BCUT2D eigenvalue weighted by atomic mass is 9.81. The van der Waals surface area contributed by atoms with E-state index in [1.54, 1.807) is 0 Å². The summed E-state index contributed by atoms with van der Waals surface area (Å²) in [6.07, 6.45) is 0. The Labute approximate surface area is 340 Å². The second kappa shape index (κ2) is 11.8. The van der Waals surface area contributed by atoms with Crippen LogP contribution in [-0.4, -0.2) is 0 Å². The maximum atomic E-state index is 6.53. The van der Waals surface area contributed by atoms with E-state index in [-0.39, 0.29) is 5.41 Å². The van der Waals surface area contributed by atoms with Crippen molar-refractivity contribution in [3.05, 3.63) is 193 Å². The highest BCUT2D eigenvalue weighted by Crippen LogP contribution is 2.52. The number of fused-ring (bicyclic) bond motifs is 12. The molecule has 0 aliphatic heterocycles. The van der Waals surface area contributed by atoms with Gasteiger partial charge in [-0.25, -0.2) is 0 Å². The molecule has 0 fully saturated rings. The van der Waals surface area contributed by atoms with Crippen LogP contribution in [0.25, 0.3) is 121 Å². The Morgan fingerprint density at radius 1 is 0.305 bits per heavy atom. The molecular weight excluding hydrogens is 717 g/mol. The number of furan rings is 2. The highest BCUT2D eigenvalue weighted by molar-refractivity contribution is 6.23. The summed E-state index contributed by atoms with van der Waals surface area (Å²) in [5.41, 5.74) is 16.1. The molecule has 1 aliphatic rings. The van der Waals surface area contributed by atoms with Crippen LogP contribution in [0.3, 0.4) is 0 Å². The van der Waals surface area contributed by atoms with Gasteiger partial charge in [0.25, 0.3) is 0 Å². The molecular formula is C57H36O2. The maximum absolute atomic E-state index is 6.53.